The molecule has 0 saturated carbocycles. The molecule has 1 aromatic heterocycles. The van der Waals surface area contributed by atoms with Crippen molar-refractivity contribution < 1.29 is 18.8 Å². The summed E-state index contributed by atoms with van der Waals surface area (Å²) >= 11 is 0. The van der Waals surface area contributed by atoms with Gasteiger partial charge in [-0.3, -0.25) is 9.59 Å². The molecule has 2 aromatic carbocycles. The molecule has 7 nitrogen and oxygen atoms in total. The van der Waals surface area contributed by atoms with E-state index in [0.717, 1.165) is 5.56 Å². The molecule has 0 spiro atoms. The number of benzene rings is 2. The van der Waals surface area contributed by atoms with Crippen LogP contribution in [0.2, 0.25) is 0 Å². The molecule has 28 heavy (non-hydrogen) atoms. The van der Waals surface area contributed by atoms with Crippen molar-refractivity contribution in [1.82, 2.24) is 15.8 Å². The van der Waals surface area contributed by atoms with Gasteiger partial charge in [0.05, 0.1) is 7.11 Å². The van der Waals surface area contributed by atoms with Crippen molar-refractivity contribution >= 4 is 11.8 Å². The minimum Gasteiger partial charge on any atom is -0.497 e. The summed E-state index contributed by atoms with van der Waals surface area (Å²) in [6.45, 7) is 2.26. The second kappa shape index (κ2) is 8.85. The molecule has 3 rings (SSSR count). The summed E-state index contributed by atoms with van der Waals surface area (Å²) < 4.78 is 10.3. The Balaban J connectivity index is 1.55. The quantitative estimate of drug-likeness (QED) is 0.616. The maximum Gasteiger partial charge on any atom is 0.257 e. The van der Waals surface area contributed by atoms with E-state index in [-0.39, 0.29) is 18.4 Å². The minimum absolute atomic E-state index is 0.219. The highest BCUT2D eigenvalue weighted by Gasteiger charge is 2.21. The van der Waals surface area contributed by atoms with E-state index in [4.69, 9.17) is 9.26 Å². The lowest BCUT2D eigenvalue weighted by molar-refractivity contribution is 0.0927. The van der Waals surface area contributed by atoms with Gasteiger partial charge < -0.3 is 19.9 Å². The van der Waals surface area contributed by atoms with E-state index in [2.05, 4.69) is 15.8 Å². The molecule has 3 aromatic rings. The Morgan fingerprint density at radius 2 is 1.61 bits per heavy atom. The van der Waals surface area contributed by atoms with E-state index in [1.807, 2.05) is 30.3 Å². The summed E-state index contributed by atoms with van der Waals surface area (Å²) in [5, 5.41) is 9.55. The summed E-state index contributed by atoms with van der Waals surface area (Å²) in [6.07, 6.45) is 0. The molecule has 0 aliphatic carbocycles. The molecule has 0 bridgehead atoms. The Kier molecular flexibility index (Phi) is 6.06. The summed E-state index contributed by atoms with van der Waals surface area (Å²) in [4.78, 5) is 24.7. The number of hydrogen-bond acceptors (Lipinski definition) is 5. The van der Waals surface area contributed by atoms with Gasteiger partial charge in [-0.1, -0.05) is 35.5 Å². The van der Waals surface area contributed by atoms with Gasteiger partial charge in [0.1, 0.15) is 22.8 Å². The van der Waals surface area contributed by atoms with Gasteiger partial charge in [-0.05, 0) is 31.2 Å². The normalized spacial score (nSPS) is 10.4. The Labute approximate surface area is 162 Å². The van der Waals surface area contributed by atoms with Crippen molar-refractivity contribution in [3.05, 3.63) is 71.5 Å². The average Bonchev–Trinajstić information content (AvgIpc) is 3.13. The molecule has 2 amide bonds. The van der Waals surface area contributed by atoms with Gasteiger partial charge in [-0.2, -0.15) is 0 Å². The van der Waals surface area contributed by atoms with Gasteiger partial charge in [0.15, 0.2) is 0 Å². The van der Waals surface area contributed by atoms with Crippen LogP contribution in [0.3, 0.4) is 0 Å². The molecule has 144 valence electrons. The monoisotopic (exact) mass is 379 g/mol. The largest absolute Gasteiger partial charge is 0.497 e. The van der Waals surface area contributed by atoms with Gasteiger partial charge in [-0.25, -0.2) is 0 Å². The molecule has 0 aliphatic heterocycles. The fourth-order valence-corrected chi connectivity index (χ4v) is 2.72. The average molecular weight is 379 g/mol. The molecule has 7 heteroatoms. The first-order valence-electron chi connectivity index (χ1n) is 8.82. The number of nitrogens with one attached hydrogen (secondary N) is 2. The zero-order valence-corrected chi connectivity index (χ0v) is 15.7. The van der Waals surface area contributed by atoms with Crippen LogP contribution in [-0.2, 0) is 0 Å². The number of carbonyl (C=O) groups excluding carboxylic acids is 2. The van der Waals surface area contributed by atoms with E-state index in [1.165, 1.54) is 0 Å². The van der Waals surface area contributed by atoms with Crippen LogP contribution in [-0.4, -0.2) is 37.2 Å². The van der Waals surface area contributed by atoms with Crippen LogP contribution < -0.4 is 15.4 Å². The predicted octanol–water partition coefficient (Wildman–Crippen LogP) is 2.82. The van der Waals surface area contributed by atoms with Gasteiger partial charge in [0.2, 0.25) is 0 Å². The first kappa shape index (κ1) is 19.2. The number of carbonyl (C=O) groups is 2. The standard InChI is InChI=1S/C21H21N3O4/c1-14-18(19(24-28-14)15-6-4-3-5-7-15)21(26)23-13-12-22-20(25)16-8-10-17(27-2)11-9-16/h3-11H,12-13H2,1-2H3,(H,22,25)(H,23,26). The molecule has 0 unspecified atom stereocenters. The molecular weight excluding hydrogens is 358 g/mol. The van der Waals surface area contributed by atoms with Gasteiger partial charge in [0.25, 0.3) is 11.8 Å². The maximum absolute atomic E-state index is 12.6. The van der Waals surface area contributed by atoms with E-state index in [0.29, 0.717) is 34.9 Å². The molecule has 0 fully saturated rings. The van der Waals surface area contributed by atoms with Crippen molar-refractivity contribution in [3.8, 4) is 17.0 Å². The van der Waals surface area contributed by atoms with E-state index in [1.54, 1.807) is 38.3 Å². The number of amides is 2. The number of hydrogen-bond donors (Lipinski definition) is 2. The van der Waals surface area contributed by atoms with Crippen LogP contribution in [0.25, 0.3) is 11.3 Å². The Hall–Kier alpha value is -3.61. The van der Waals surface area contributed by atoms with Crippen molar-refractivity contribution in [2.75, 3.05) is 20.2 Å². The predicted molar refractivity (Wildman–Crippen MR) is 104 cm³/mol. The molecule has 1 heterocycles. The van der Waals surface area contributed by atoms with Crippen molar-refractivity contribution in [3.63, 3.8) is 0 Å². The zero-order chi connectivity index (χ0) is 19.9. The zero-order valence-electron chi connectivity index (χ0n) is 15.7. The summed E-state index contributed by atoms with van der Waals surface area (Å²) in [5.41, 5.74) is 2.22. The topological polar surface area (TPSA) is 93.5 Å². The van der Waals surface area contributed by atoms with Crippen molar-refractivity contribution in [2.24, 2.45) is 0 Å². The Bertz CT molecular complexity index is 950. The van der Waals surface area contributed by atoms with E-state index < -0.39 is 0 Å². The summed E-state index contributed by atoms with van der Waals surface area (Å²) in [7, 11) is 1.57. The first-order valence-corrected chi connectivity index (χ1v) is 8.82. The van der Waals surface area contributed by atoms with Crippen molar-refractivity contribution in [2.45, 2.75) is 6.92 Å². The highest BCUT2D eigenvalue weighted by atomic mass is 16.5. The van der Waals surface area contributed by atoms with Gasteiger partial charge in [-0.15, -0.1) is 0 Å². The van der Waals surface area contributed by atoms with Crippen LogP contribution in [0, 0.1) is 6.92 Å². The number of aromatic nitrogens is 1. The van der Waals surface area contributed by atoms with Gasteiger partial charge >= 0.3 is 0 Å². The van der Waals surface area contributed by atoms with Gasteiger partial charge in [0, 0.05) is 24.2 Å². The Morgan fingerprint density at radius 3 is 2.25 bits per heavy atom. The minimum atomic E-state index is -0.295. The first-order chi connectivity index (χ1) is 13.6. The van der Waals surface area contributed by atoms with Crippen LogP contribution >= 0.6 is 0 Å². The number of rotatable bonds is 7. The number of ether oxygens (including phenoxy) is 1. The third kappa shape index (κ3) is 4.37. The molecule has 0 atom stereocenters. The highest BCUT2D eigenvalue weighted by molar-refractivity contribution is 6.00. The lowest BCUT2D eigenvalue weighted by Gasteiger charge is -2.08. The third-order valence-electron chi connectivity index (χ3n) is 4.19. The van der Waals surface area contributed by atoms with Crippen LogP contribution in [0.4, 0.5) is 0 Å². The molecular formula is C21H21N3O4. The Morgan fingerprint density at radius 1 is 0.964 bits per heavy atom. The molecule has 0 saturated heterocycles. The maximum atomic E-state index is 12.6. The number of methoxy groups -OCH3 is 1. The third-order valence-corrected chi connectivity index (χ3v) is 4.19. The van der Waals surface area contributed by atoms with Crippen LogP contribution in [0.1, 0.15) is 26.5 Å². The fourth-order valence-electron chi connectivity index (χ4n) is 2.72. The lowest BCUT2D eigenvalue weighted by atomic mass is 10.1. The smallest absolute Gasteiger partial charge is 0.257 e. The molecule has 0 aliphatic rings. The second-order valence-electron chi connectivity index (χ2n) is 6.07. The summed E-state index contributed by atoms with van der Waals surface area (Å²) in [6, 6.07) is 16.2. The molecule has 2 N–H and O–H groups in total. The number of aryl methyl sites for hydroxylation is 1. The van der Waals surface area contributed by atoms with Crippen LogP contribution in [0.15, 0.2) is 59.1 Å². The highest BCUT2D eigenvalue weighted by Crippen LogP contribution is 2.24. The lowest BCUT2D eigenvalue weighted by Crippen LogP contribution is -2.35. The molecule has 0 radical (unpaired) electrons. The van der Waals surface area contributed by atoms with E-state index >= 15 is 0 Å². The second-order valence-corrected chi connectivity index (χ2v) is 6.07. The van der Waals surface area contributed by atoms with Crippen LogP contribution in [0.5, 0.6) is 5.75 Å². The van der Waals surface area contributed by atoms with E-state index in [9.17, 15) is 9.59 Å². The number of nitrogens with zero attached hydrogens (tertiary/aromatic N) is 1. The summed E-state index contributed by atoms with van der Waals surface area (Å²) in [5.74, 6) is 0.611. The SMILES string of the molecule is COc1ccc(C(=O)NCCNC(=O)c2c(-c3ccccc3)noc2C)cc1. The van der Waals surface area contributed by atoms with Crippen molar-refractivity contribution in [1.29, 1.82) is 0 Å². The fraction of sp³-hybridized carbons (Fsp3) is 0.190.